The quantitative estimate of drug-likeness (QED) is 0.805. The molecule has 1 saturated carbocycles. The van der Waals surface area contributed by atoms with Crippen LogP contribution in [0, 0.1) is 11.3 Å². The van der Waals surface area contributed by atoms with Crippen molar-refractivity contribution in [3.8, 4) is 0 Å². The molecule has 1 aliphatic heterocycles. The number of benzene rings is 1. The maximum Gasteiger partial charge on any atom is 0.227 e. The molecule has 2 atom stereocenters. The zero-order valence-electron chi connectivity index (χ0n) is 15.2. The molecule has 1 aromatic carbocycles. The Kier molecular flexibility index (Phi) is 6.06. The smallest absolute Gasteiger partial charge is 0.227 e. The highest BCUT2D eigenvalue weighted by molar-refractivity contribution is 7.10. The van der Waals surface area contributed by atoms with E-state index in [0.717, 1.165) is 32.4 Å². The molecule has 1 N–H and O–H groups in total. The van der Waals surface area contributed by atoms with E-state index >= 15 is 0 Å². The summed E-state index contributed by atoms with van der Waals surface area (Å²) in [5.41, 5.74) is 1.49. The van der Waals surface area contributed by atoms with Crippen molar-refractivity contribution >= 4 is 29.7 Å². The molecule has 1 spiro atoms. The van der Waals surface area contributed by atoms with Crippen molar-refractivity contribution in [2.45, 2.75) is 38.8 Å². The van der Waals surface area contributed by atoms with Crippen molar-refractivity contribution in [1.82, 2.24) is 10.2 Å². The van der Waals surface area contributed by atoms with Crippen molar-refractivity contribution in [2.75, 3.05) is 13.1 Å². The first-order valence-electron chi connectivity index (χ1n) is 9.28. The number of amides is 1. The Hall–Kier alpha value is -1.36. The molecule has 0 bridgehead atoms. The summed E-state index contributed by atoms with van der Waals surface area (Å²) >= 11 is 1.74. The van der Waals surface area contributed by atoms with Gasteiger partial charge in [-0.25, -0.2) is 0 Å². The molecule has 2 fully saturated rings. The summed E-state index contributed by atoms with van der Waals surface area (Å²) in [6.45, 7) is 4.99. The summed E-state index contributed by atoms with van der Waals surface area (Å²) < 4.78 is 0. The van der Waals surface area contributed by atoms with Crippen LogP contribution in [0.15, 0.2) is 47.8 Å². The zero-order chi connectivity index (χ0) is 17.3. The minimum atomic E-state index is 0. The molecular weight excluding hydrogens is 364 g/mol. The summed E-state index contributed by atoms with van der Waals surface area (Å²) in [4.78, 5) is 16.8. The first-order chi connectivity index (χ1) is 12.2. The van der Waals surface area contributed by atoms with Crippen LogP contribution in [0.2, 0.25) is 0 Å². The van der Waals surface area contributed by atoms with Crippen molar-refractivity contribution in [2.24, 2.45) is 11.3 Å². The number of nitrogens with one attached hydrogen (secondary N) is 1. The van der Waals surface area contributed by atoms with Crippen LogP contribution >= 0.6 is 23.7 Å². The summed E-state index contributed by atoms with van der Waals surface area (Å²) in [5, 5.41) is 5.53. The fourth-order valence-electron chi connectivity index (χ4n) is 4.24. The van der Waals surface area contributed by atoms with Crippen LogP contribution in [0.4, 0.5) is 0 Å². The van der Waals surface area contributed by atoms with Crippen LogP contribution in [-0.4, -0.2) is 23.9 Å². The summed E-state index contributed by atoms with van der Waals surface area (Å²) in [5.74, 6) is 0.576. The Morgan fingerprint density at radius 2 is 1.96 bits per heavy atom. The highest BCUT2D eigenvalue weighted by Gasteiger charge is 2.58. The third kappa shape index (κ3) is 3.83. The fraction of sp³-hybridized carbons (Fsp3) is 0.476. The number of thiophene rings is 1. The molecule has 1 saturated heterocycles. The van der Waals surface area contributed by atoms with Crippen LogP contribution in [-0.2, 0) is 11.3 Å². The van der Waals surface area contributed by atoms with Gasteiger partial charge in [0, 0.05) is 17.3 Å². The lowest BCUT2D eigenvalue weighted by Gasteiger charge is -2.31. The molecule has 1 aromatic heterocycles. The second-order valence-corrected chi connectivity index (χ2v) is 8.49. The minimum absolute atomic E-state index is 0. The summed E-state index contributed by atoms with van der Waals surface area (Å²) in [6.07, 6.45) is 3.38. The Bertz CT molecular complexity index is 713. The molecule has 4 rings (SSSR count). The van der Waals surface area contributed by atoms with Gasteiger partial charge in [0.2, 0.25) is 5.91 Å². The molecule has 2 unspecified atom stereocenters. The van der Waals surface area contributed by atoms with Gasteiger partial charge in [-0.15, -0.1) is 23.7 Å². The second-order valence-electron chi connectivity index (χ2n) is 7.51. The molecular formula is C21H27ClN2OS. The molecule has 5 heteroatoms. The minimum Gasteiger partial charge on any atom is -0.331 e. The Balaban J connectivity index is 0.00000196. The van der Waals surface area contributed by atoms with E-state index in [9.17, 15) is 4.79 Å². The zero-order valence-corrected chi connectivity index (χ0v) is 16.8. The van der Waals surface area contributed by atoms with Gasteiger partial charge < -0.3 is 10.2 Å². The Morgan fingerprint density at radius 3 is 2.62 bits per heavy atom. The van der Waals surface area contributed by atoms with E-state index in [-0.39, 0.29) is 29.8 Å². The third-order valence-corrected chi connectivity index (χ3v) is 7.03. The van der Waals surface area contributed by atoms with Crippen molar-refractivity contribution in [3.63, 3.8) is 0 Å². The first-order valence-corrected chi connectivity index (χ1v) is 10.2. The van der Waals surface area contributed by atoms with Gasteiger partial charge in [-0.05, 0) is 61.7 Å². The van der Waals surface area contributed by atoms with Crippen LogP contribution in [0.25, 0.3) is 0 Å². The number of nitrogens with zero attached hydrogens (tertiary/aromatic N) is 1. The van der Waals surface area contributed by atoms with Crippen LogP contribution < -0.4 is 5.32 Å². The maximum absolute atomic E-state index is 13.4. The highest BCUT2D eigenvalue weighted by atomic mass is 35.5. The highest BCUT2D eigenvalue weighted by Crippen LogP contribution is 2.59. The van der Waals surface area contributed by atoms with Gasteiger partial charge in [-0.2, -0.15) is 0 Å². The number of piperidine rings is 1. The lowest BCUT2D eigenvalue weighted by molar-refractivity contribution is -0.136. The van der Waals surface area contributed by atoms with Gasteiger partial charge in [0.05, 0.1) is 6.04 Å². The van der Waals surface area contributed by atoms with E-state index in [1.807, 2.05) is 6.07 Å². The van der Waals surface area contributed by atoms with Crippen molar-refractivity contribution in [3.05, 3.63) is 58.3 Å². The first kappa shape index (κ1) is 19.4. The average Bonchev–Trinajstić information content (AvgIpc) is 3.09. The summed E-state index contributed by atoms with van der Waals surface area (Å²) in [6, 6.07) is 14.7. The maximum atomic E-state index is 13.4. The van der Waals surface area contributed by atoms with Crippen LogP contribution in [0.3, 0.4) is 0 Å². The van der Waals surface area contributed by atoms with Gasteiger partial charge in [0.25, 0.3) is 0 Å². The lowest BCUT2D eigenvalue weighted by Crippen LogP contribution is -2.37. The third-order valence-electron chi connectivity index (χ3n) is 5.99. The van der Waals surface area contributed by atoms with Crippen LogP contribution in [0.1, 0.15) is 42.7 Å². The van der Waals surface area contributed by atoms with Gasteiger partial charge in [0.15, 0.2) is 0 Å². The Labute approximate surface area is 166 Å². The van der Waals surface area contributed by atoms with E-state index in [4.69, 9.17) is 0 Å². The molecule has 2 aliphatic rings. The fourth-order valence-corrected chi connectivity index (χ4v) is 5.04. The number of halogens is 1. The predicted octanol–water partition coefficient (Wildman–Crippen LogP) is 4.65. The van der Waals surface area contributed by atoms with E-state index < -0.39 is 0 Å². The molecule has 2 heterocycles. The molecule has 26 heavy (non-hydrogen) atoms. The lowest BCUT2D eigenvalue weighted by atomic mass is 9.91. The SMILES string of the molecule is CC(c1cccs1)N(Cc1ccccc1)C(=O)C1CC12CCNCC2.Cl. The molecule has 140 valence electrons. The normalized spacial score (nSPS) is 21.7. The van der Waals surface area contributed by atoms with E-state index in [0.29, 0.717) is 12.5 Å². The van der Waals surface area contributed by atoms with Gasteiger partial charge in [-0.3, -0.25) is 4.79 Å². The number of carbonyl (C=O) groups excluding carboxylic acids is 1. The topological polar surface area (TPSA) is 32.3 Å². The molecule has 0 radical (unpaired) electrons. The molecule has 2 aromatic rings. The molecule has 1 aliphatic carbocycles. The monoisotopic (exact) mass is 390 g/mol. The standard InChI is InChI=1S/C21H26N2OS.ClH/c1-16(19-8-5-13-25-19)23(15-17-6-3-2-4-7-17)20(24)18-14-21(18)9-11-22-12-10-21;/h2-8,13,16,18,22H,9-12,14-15H2,1H3;1H. The van der Waals surface area contributed by atoms with Gasteiger partial charge in [-0.1, -0.05) is 36.4 Å². The average molecular weight is 391 g/mol. The van der Waals surface area contributed by atoms with Crippen molar-refractivity contribution in [1.29, 1.82) is 0 Å². The molecule has 1 amide bonds. The van der Waals surface area contributed by atoms with E-state index in [2.05, 4.69) is 58.9 Å². The summed E-state index contributed by atoms with van der Waals surface area (Å²) in [7, 11) is 0. The number of carbonyl (C=O) groups is 1. The Morgan fingerprint density at radius 1 is 1.23 bits per heavy atom. The van der Waals surface area contributed by atoms with E-state index in [1.165, 1.54) is 10.4 Å². The van der Waals surface area contributed by atoms with Gasteiger partial charge in [0.1, 0.15) is 0 Å². The largest absolute Gasteiger partial charge is 0.331 e. The van der Waals surface area contributed by atoms with Crippen molar-refractivity contribution < 1.29 is 4.79 Å². The van der Waals surface area contributed by atoms with E-state index in [1.54, 1.807) is 11.3 Å². The number of hydrogen-bond acceptors (Lipinski definition) is 3. The number of rotatable bonds is 5. The predicted molar refractivity (Wildman–Crippen MR) is 110 cm³/mol. The van der Waals surface area contributed by atoms with Gasteiger partial charge >= 0.3 is 0 Å². The number of hydrogen-bond donors (Lipinski definition) is 1. The molecule has 3 nitrogen and oxygen atoms in total. The second kappa shape index (κ2) is 8.12. The van der Waals surface area contributed by atoms with Crippen LogP contribution in [0.5, 0.6) is 0 Å².